The third-order valence-electron chi connectivity index (χ3n) is 6.87. The van der Waals surface area contributed by atoms with Crippen molar-refractivity contribution in [3.8, 4) is 17.0 Å². The standard InChI is InChI=1S/C36H33N5O4S2/c1-41(2)28-15-9-24(10-16-28)21-31(38-34(43)26-7-5-4-6-8-26)35(44)37-27-13-19-30(20-14-27)46-23-33(42)40-36-39-32(22-47-36)25-11-17-29(45-3)18-12-25/h4-22H,23H2,1-3H3,(H,37,44)(H,38,43)(H,39,40,42)/b31-21-. The maximum atomic E-state index is 13.4. The first-order valence-corrected chi connectivity index (χ1v) is 16.4. The molecule has 9 nitrogen and oxygen atoms in total. The molecule has 0 saturated heterocycles. The van der Waals surface area contributed by atoms with Crippen LogP contribution in [0.15, 0.2) is 119 Å². The fraction of sp³-hybridized carbons (Fsp3) is 0.111. The van der Waals surface area contributed by atoms with Crippen LogP contribution in [0.3, 0.4) is 0 Å². The molecule has 11 heteroatoms. The Bertz CT molecular complexity index is 1850. The molecule has 0 aliphatic carbocycles. The van der Waals surface area contributed by atoms with E-state index in [9.17, 15) is 14.4 Å². The Labute approximate surface area is 281 Å². The number of ether oxygens (including phenoxy) is 1. The number of hydrogen-bond donors (Lipinski definition) is 3. The normalized spacial score (nSPS) is 11.0. The molecular formula is C36H33N5O4S2. The van der Waals surface area contributed by atoms with Gasteiger partial charge in [-0.3, -0.25) is 14.4 Å². The number of carbonyl (C=O) groups is 3. The molecule has 0 atom stereocenters. The van der Waals surface area contributed by atoms with Crippen LogP contribution in [0.1, 0.15) is 15.9 Å². The van der Waals surface area contributed by atoms with E-state index in [0.717, 1.165) is 33.2 Å². The molecule has 5 aromatic rings. The highest BCUT2D eigenvalue weighted by molar-refractivity contribution is 8.00. The highest BCUT2D eigenvalue weighted by atomic mass is 32.2. The van der Waals surface area contributed by atoms with E-state index >= 15 is 0 Å². The van der Waals surface area contributed by atoms with Gasteiger partial charge in [0.1, 0.15) is 11.4 Å². The largest absolute Gasteiger partial charge is 0.497 e. The van der Waals surface area contributed by atoms with Gasteiger partial charge in [-0.15, -0.1) is 23.1 Å². The number of amides is 3. The van der Waals surface area contributed by atoms with Crippen molar-refractivity contribution in [1.82, 2.24) is 10.3 Å². The van der Waals surface area contributed by atoms with E-state index < -0.39 is 11.8 Å². The molecule has 0 spiro atoms. The minimum atomic E-state index is -0.469. The van der Waals surface area contributed by atoms with Crippen molar-refractivity contribution in [3.63, 3.8) is 0 Å². The first kappa shape index (κ1) is 33.0. The molecule has 0 aliphatic rings. The first-order chi connectivity index (χ1) is 22.8. The minimum Gasteiger partial charge on any atom is -0.497 e. The smallest absolute Gasteiger partial charge is 0.272 e. The van der Waals surface area contributed by atoms with Gasteiger partial charge in [-0.05, 0) is 84.4 Å². The molecule has 5 rings (SSSR count). The predicted molar refractivity (Wildman–Crippen MR) is 191 cm³/mol. The summed E-state index contributed by atoms with van der Waals surface area (Å²) in [5.74, 6) is -0.0833. The molecule has 4 aromatic carbocycles. The van der Waals surface area contributed by atoms with Crippen LogP contribution in [-0.2, 0) is 9.59 Å². The second-order valence-electron chi connectivity index (χ2n) is 10.4. The lowest BCUT2D eigenvalue weighted by molar-refractivity contribution is -0.114. The highest BCUT2D eigenvalue weighted by Gasteiger charge is 2.16. The molecular weight excluding hydrogens is 631 g/mol. The zero-order valence-corrected chi connectivity index (χ0v) is 27.7. The Hall–Kier alpha value is -5.39. The maximum absolute atomic E-state index is 13.4. The molecule has 0 saturated carbocycles. The summed E-state index contributed by atoms with van der Waals surface area (Å²) >= 11 is 2.73. The second kappa shape index (κ2) is 15.7. The molecule has 1 heterocycles. The second-order valence-corrected chi connectivity index (χ2v) is 12.4. The summed E-state index contributed by atoms with van der Waals surface area (Å²) in [5, 5.41) is 10.9. The number of carbonyl (C=O) groups excluding carboxylic acids is 3. The fourth-order valence-electron chi connectivity index (χ4n) is 4.34. The van der Waals surface area contributed by atoms with Crippen molar-refractivity contribution < 1.29 is 19.1 Å². The quantitative estimate of drug-likeness (QED) is 0.0971. The number of hydrogen-bond acceptors (Lipinski definition) is 8. The lowest BCUT2D eigenvalue weighted by atomic mass is 10.1. The zero-order valence-electron chi connectivity index (χ0n) is 26.0. The van der Waals surface area contributed by atoms with Crippen LogP contribution in [0.5, 0.6) is 5.75 Å². The van der Waals surface area contributed by atoms with Crippen molar-refractivity contribution in [2.45, 2.75) is 4.90 Å². The van der Waals surface area contributed by atoms with E-state index in [1.54, 1.807) is 49.6 Å². The number of thioether (sulfide) groups is 1. The van der Waals surface area contributed by atoms with E-state index in [4.69, 9.17) is 4.74 Å². The van der Waals surface area contributed by atoms with Crippen LogP contribution in [0.2, 0.25) is 0 Å². The summed E-state index contributed by atoms with van der Waals surface area (Å²) < 4.78 is 5.20. The van der Waals surface area contributed by atoms with Gasteiger partial charge in [0, 0.05) is 46.9 Å². The van der Waals surface area contributed by atoms with Crippen LogP contribution < -0.4 is 25.6 Å². The van der Waals surface area contributed by atoms with Gasteiger partial charge in [-0.25, -0.2) is 4.98 Å². The van der Waals surface area contributed by atoms with Crippen molar-refractivity contribution >= 4 is 63.4 Å². The van der Waals surface area contributed by atoms with Crippen molar-refractivity contribution in [2.24, 2.45) is 0 Å². The summed E-state index contributed by atoms with van der Waals surface area (Å²) in [7, 11) is 5.52. The summed E-state index contributed by atoms with van der Waals surface area (Å²) in [5.41, 5.74) is 4.56. The minimum absolute atomic E-state index is 0.101. The number of methoxy groups -OCH3 is 1. The topological polar surface area (TPSA) is 113 Å². The number of benzene rings is 4. The number of anilines is 3. The number of nitrogens with zero attached hydrogens (tertiary/aromatic N) is 2. The van der Waals surface area contributed by atoms with Crippen LogP contribution in [-0.4, -0.2) is 49.7 Å². The third-order valence-corrected chi connectivity index (χ3v) is 8.64. The number of nitrogens with one attached hydrogen (secondary N) is 3. The summed E-state index contributed by atoms with van der Waals surface area (Å²) in [4.78, 5) is 46.3. The van der Waals surface area contributed by atoms with Crippen LogP contribution in [0.25, 0.3) is 17.3 Å². The van der Waals surface area contributed by atoms with Gasteiger partial charge >= 0.3 is 0 Å². The number of aromatic nitrogens is 1. The van der Waals surface area contributed by atoms with Crippen LogP contribution in [0.4, 0.5) is 16.5 Å². The molecule has 0 radical (unpaired) electrons. The van der Waals surface area contributed by atoms with E-state index in [0.29, 0.717) is 16.4 Å². The van der Waals surface area contributed by atoms with Gasteiger partial charge in [0.25, 0.3) is 11.8 Å². The first-order valence-electron chi connectivity index (χ1n) is 14.6. The Morgan fingerprint density at radius 1 is 0.872 bits per heavy atom. The predicted octanol–water partition coefficient (Wildman–Crippen LogP) is 7.03. The van der Waals surface area contributed by atoms with Gasteiger partial charge < -0.3 is 25.6 Å². The van der Waals surface area contributed by atoms with Crippen molar-refractivity contribution in [1.29, 1.82) is 0 Å². The van der Waals surface area contributed by atoms with Crippen LogP contribution in [0, 0.1) is 0 Å². The lowest BCUT2D eigenvalue weighted by Crippen LogP contribution is -2.30. The van der Waals surface area contributed by atoms with Gasteiger partial charge in [0.05, 0.1) is 18.6 Å². The Balaban J connectivity index is 1.19. The van der Waals surface area contributed by atoms with Crippen LogP contribution >= 0.6 is 23.1 Å². The SMILES string of the molecule is COc1ccc(-c2csc(NC(=O)CSc3ccc(NC(=O)/C(=C/c4ccc(N(C)C)cc4)NC(=O)c4ccccc4)cc3)n2)cc1. The molecule has 0 bridgehead atoms. The highest BCUT2D eigenvalue weighted by Crippen LogP contribution is 2.27. The lowest BCUT2D eigenvalue weighted by Gasteiger charge is -2.13. The van der Waals surface area contributed by atoms with Crippen molar-refractivity contribution in [3.05, 3.63) is 125 Å². The molecule has 3 N–H and O–H groups in total. The molecule has 0 fully saturated rings. The van der Waals surface area contributed by atoms with Gasteiger partial charge in [-0.1, -0.05) is 30.3 Å². The Morgan fingerprint density at radius 2 is 1.57 bits per heavy atom. The summed E-state index contributed by atoms with van der Waals surface area (Å²) in [6, 6.07) is 31.1. The average molecular weight is 664 g/mol. The van der Waals surface area contributed by atoms with Crippen molar-refractivity contribution in [2.75, 3.05) is 42.5 Å². The van der Waals surface area contributed by atoms with E-state index in [1.165, 1.54) is 23.1 Å². The molecule has 3 amide bonds. The molecule has 1 aromatic heterocycles. The third kappa shape index (κ3) is 9.32. The number of rotatable bonds is 12. The molecule has 0 unspecified atom stereocenters. The fourth-order valence-corrected chi connectivity index (χ4v) is 5.77. The molecule has 0 aliphatic heterocycles. The molecule has 238 valence electrons. The van der Waals surface area contributed by atoms with E-state index in [-0.39, 0.29) is 17.4 Å². The maximum Gasteiger partial charge on any atom is 0.272 e. The Morgan fingerprint density at radius 3 is 2.23 bits per heavy atom. The van der Waals surface area contributed by atoms with E-state index in [2.05, 4.69) is 20.9 Å². The molecule has 47 heavy (non-hydrogen) atoms. The van der Waals surface area contributed by atoms with Gasteiger partial charge in [-0.2, -0.15) is 0 Å². The van der Waals surface area contributed by atoms with E-state index in [1.807, 2.05) is 91.1 Å². The number of thiazole rings is 1. The zero-order chi connectivity index (χ0) is 33.2. The monoisotopic (exact) mass is 663 g/mol. The summed E-state index contributed by atoms with van der Waals surface area (Å²) in [6.07, 6.45) is 1.64. The van der Waals surface area contributed by atoms with Gasteiger partial charge in [0.15, 0.2) is 5.13 Å². The Kier molecular flexibility index (Phi) is 11.1. The summed E-state index contributed by atoms with van der Waals surface area (Å²) in [6.45, 7) is 0. The van der Waals surface area contributed by atoms with Gasteiger partial charge in [0.2, 0.25) is 5.91 Å². The average Bonchev–Trinajstić information content (AvgIpc) is 3.56.